The Labute approximate surface area is 159 Å². The molecule has 0 spiro atoms. The Morgan fingerprint density at radius 1 is 1.35 bits per heavy atom. The number of carbonyl (C=O) groups is 1. The molecule has 3 rings (SSSR count). The first-order valence-corrected chi connectivity index (χ1v) is 10.2. The van der Waals surface area contributed by atoms with Gasteiger partial charge < -0.3 is 14.8 Å². The molecule has 1 aliphatic heterocycles. The normalized spacial score (nSPS) is 18.0. The standard InChI is InChI=1S/C19H27N5OS/c1-23-15-20-22-19(23)26-14-18(25)21-17-10-6-12-24(13-17)11-5-9-16-7-3-2-4-8-16/h2-4,7-8,15,17H,5-6,9-14H2,1H3,(H,21,25). The Bertz CT molecular complexity index is 690. The van der Waals surface area contributed by atoms with E-state index in [1.165, 1.54) is 17.3 Å². The lowest BCUT2D eigenvalue weighted by molar-refractivity contribution is -0.119. The molecule has 7 heteroatoms. The van der Waals surface area contributed by atoms with E-state index in [1.807, 2.05) is 11.6 Å². The van der Waals surface area contributed by atoms with Crippen molar-refractivity contribution in [2.45, 2.75) is 36.9 Å². The van der Waals surface area contributed by atoms with Gasteiger partial charge in [-0.2, -0.15) is 0 Å². The smallest absolute Gasteiger partial charge is 0.230 e. The van der Waals surface area contributed by atoms with E-state index >= 15 is 0 Å². The largest absolute Gasteiger partial charge is 0.351 e. The first-order valence-electron chi connectivity index (χ1n) is 9.23. The second-order valence-electron chi connectivity index (χ2n) is 6.81. The molecule has 1 fully saturated rings. The molecule has 1 atom stereocenters. The van der Waals surface area contributed by atoms with E-state index in [0.717, 1.165) is 50.5 Å². The van der Waals surface area contributed by atoms with Crippen LogP contribution in [0, 0.1) is 0 Å². The fourth-order valence-corrected chi connectivity index (χ4v) is 4.03. The van der Waals surface area contributed by atoms with Gasteiger partial charge in [0, 0.05) is 19.6 Å². The minimum Gasteiger partial charge on any atom is -0.351 e. The summed E-state index contributed by atoms with van der Waals surface area (Å²) in [5, 5.41) is 11.8. The fourth-order valence-electron chi connectivity index (χ4n) is 3.33. The van der Waals surface area contributed by atoms with E-state index in [4.69, 9.17) is 0 Å². The van der Waals surface area contributed by atoms with Gasteiger partial charge in [0.05, 0.1) is 5.75 Å². The Kier molecular flexibility index (Phi) is 7.08. The van der Waals surface area contributed by atoms with E-state index in [0.29, 0.717) is 5.75 Å². The number of hydrogen-bond acceptors (Lipinski definition) is 5. The van der Waals surface area contributed by atoms with Crippen molar-refractivity contribution in [3.05, 3.63) is 42.2 Å². The lowest BCUT2D eigenvalue weighted by atomic mass is 10.0. The van der Waals surface area contributed by atoms with Crippen molar-refractivity contribution >= 4 is 17.7 Å². The van der Waals surface area contributed by atoms with Crippen molar-refractivity contribution in [3.63, 3.8) is 0 Å². The van der Waals surface area contributed by atoms with Gasteiger partial charge in [0.2, 0.25) is 5.91 Å². The third-order valence-electron chi connectivity index (χ3n) is 4.66. The van der Waals surface area contributed by atoms with Gasteiger partial charge >= 0.3 is 0 Å². The monoisotopic (exact) mass is 373 g/mol. The van der Waals surface area contributed by atoms with Crippen molar-refractivity contribution in [1.29, 1.82) is 0 Å². The van der Waals surface area contributed by atoms with Crippen LogP contribution in [-0.4, -0.2) is 57.0 Å². The van der Waals surface area contributed by atoms with Gasteiger partial charge in [-0.15, -0.1) is 10.2 Å². The van der Waals surface area contributed by atoms with Crippen LogP contribution in [0.15, 0.2) is 41.8 Å². The minimum absolute atomic E-state index is 0.0779. The maximum atomic E-state index is 12.2. The molecule has 2 aromatic rings. The van der Waals surface area contributed by atoms with Crippen LogP contribution in [-0.2, 0) is 18.3 Å². The lowest BCUT2D eigenvalue weighted by Gasteiger charge is -2.33. The van der Waals surface area contributed by atoms with E-state index in [-0.39, 0.29) is 11.9 Å². The van der Waals surface area contributed by atoms with Gasteiger partial charge in [-0.1, -0.05) is 42.1 Å². The number of carbonyl (C=O) groups excluding carboxylic acids is 1. The molecule has 1 aromatic carbocycles. The molecule has 0 aliphatic carbocycles. The third-order valence-corrected chi connectivity index (χ3v) is 5.69. The Balaban J connectivity index is 1.36. The summed E-state index contributed by atoms with van der Waals surface area (Å²) in [6.07, 6.45) is 6.13. The van der Waals surface area contributed by atoms with Gasteiger partial charge in [0.15, 0.2) is 5.16 Å². The Morgan fingerprint density at radius 2 is 2.19 bits per heavy atom. The predicted molar refractivity (Wildman–Crippen MR) is 104 cm³/mol. The molecule has 6 nitrogen and oxygen atoms in total. The zero-order valence-corrected chi connectivity index (χ0v) is 16.1. The number of amides is 1. The predicted octanol–water partition coefficient (Wildman–Crippen LogP) is 2.12. The average molecular weight is 374 g/mol. The van der Waals surface area contributed by atoms with Crippen molar-refractivity contribution in [1.82, 2.24) is 25.0 Å². The molecule has 1 amide bonds. The van der Waals surface area contributed by atoms with E-state index in [2.05, 4.69) is 50.7 Å². The second-order valence-corrected chi connectivity index (χ2v) is 7.75. The summed E-state index contributed by atoms with van der Waals surface area (Å²) in [4.78, 5) is 14.7. The number of nitrogens with one attached hydrogen (secondary N) is 1. The lowest BCUT2D eigenvalue weighted by Crippen LogP contribution is -2.48. The molecule has 1 unspecified atom stereocenters. The zero-order valence-electron chi connectivity index (χ0n) is 15.3. The van der Waals surface area contributed by atoms with Crippen LogP contribution in [0.1, 0.15) is 24.8 Å². The summed E-state index contributed by atoms with van der Waals surface area (Å²) < 4.78 is 1.83. The van der Waals surface area contributed by atoms with Gasteiger partial charge in [-0.25, -0.2) is 0 Å². The number of hydrogen-bond donors (Lipinski definition) is 1. The number of likely N-dealkylation sites (tertiary alicyclic amines) is 1. The minimum atomic E-state index is 0.0779. The molecular weight excluding hydrogens is 346 g/mol. The van der Waals surface area contributed by atoms with Crippen molar-refractivity contribution in [2.75, 3.05) is 25.4 Å². The van der Waals surface area contributed by atoms with Crippen LogP contribution in [0.5, 0.6) is 0 Å². The molecular formula is C19H27N5OS. The second kappa shape index (κ2) is 9.73. The highest BCUT2D eigenvalue weighted by Crippen LogP contribution is 2.15. The van der Waals surface area contributed by atoms with Crippen molar-refractivity contribution < 1.29 is 4.79 Å². The van der Waals surface area contributed by atoms with E-state index < -0.39 is 0 Å². The van der Waals surface area contributed by atoms with Crippen LogP contribution >= 0.6 is 11.8 Å². The van der Waals surface area contributed by atoms with Crippen molar-refractivity contribution in [3.8, 4) is 0 Å². The van der Waals surface area contributed by atoms with Gasteiger partial charge in [0.1, 0.15) is 6.33 Å². The molecule has 26 heavy (non-hydrogen) atoms. The fraction of sp³-hybridized carbons (Fsp3) is 0.526. The number of piperidine rings is 1. The van der Waals surface area contributed by atoms with Crippen LogP contribution in [0.25, 0.3) is 0 Å². The molecule has 140 valence electrons. The van der Waals surface area contributed by atoms with Crippen LogP contribution in [0.2, 0.25) is 0 Å². The first kappa shape index (κ1) is 18.9. The maximum absolute atomic E-state index is 12.2. The molecule has 0 bridgehead atoms. The Morgan fingerprint density at radius 3 is 2.96 bits per heavy atom. The SMILES string of the molecule is Cn1cnnc1SCC(=O)NC1CCCN(CCCc2ccccc2)C1. The van der Waals surface area contributed by atoms with Gasteiger partial charge in [-0.05, 0) is 44.3 Å². The van der Waals surface area contributed by atoms with E-state index in [9.17, 15) is 4.79 Å². The number of nitrogens with zero attached hydrogens (tertiary/aromatic N) is 4. The summed E-state index contributed by atoms with van der Waals surface area (Å²) >= 11 is 1.43. The molecule has 0 saturated carbocycles. The number of thioether (sulfide) groups is 1. The summed E-state index contributed by atoms with van der Waals surface area (Å²) in [5.41, 5.74) is 1.40. The molecule has 1 aromatic heterocycles. The molecule has 0 radical (unpaired) electrons. The number of benzene rings is 1. The topological polar surface area (TPSA) is 63.1 Å². The average Bonchev–Trinajstić information content (AvgIpc) is 3.06. The van der Waals surface area contributed by atoms with Crippen LogP contribution in [0.3, 0.4) is 0 Å². The van der Waals surface area contributed by atoms with E-state index in [1.54, 1.807) is 6.33 Å². The zero-order chi connectivity index (χ0) is 18.2. The van der Waals surface area contributed by atoms with Gasteiger partial charge in [-0.3, -0.25) is 4.79 Å². The Hall–Kier alpha value is -1.86. The highest BCUT2D eigenvalue weighted by Gasteiger charge is 2.21. The first-order chi connectivity index (χ1) is 12.7. The summed E-state index contributed by atoms with van der Waals surface area (Å²) in [6.45, 7) is 3.18. The quantitative estimate of drug-likeness (QED) is 0.718. The maximum Gasteiger partial charge on any atom is 0.230 e. The highest BCUT2D eigenvalue weighted by atomic mass is 32.2. The summed E-state index contributed by atoms with van der Waals surface area (Å²) in [5.74, 6) is 0.464. The highest BCUT2D eigenvalue weighted by molar-refractivity contribution is 7.99. The number of rotatable bonds is 8. The number of aromatic nitrogens is 3. The number of aryl methyl sites for hydroxylation is 2. The molecule has 2 heterocycles. The third kappa shape index (κ3) is 5.85. The summed E-state index contributed by atoms with van der Waals surface area (Å²) in [6, 6.07) is 10.9. The van der Waals surface area contributed by atoms with Crippen molar-refractivity contribution in [2.24, 2.45) is 7.05 Å². The molecule has 1 saturated heterocycles. The molecule has 1 N–H and O–H groups in total. The molecule has 1 aliphatic rings. The van der Waals surface area contributed by atoms with Gasteiger partial charge in [0.25, 0.3) is 0 Å². The van der Waals surface area contributed by atoms with Crippen LogP contribution in [0.4, 0.5) is 0 Å². The van der Waals surface area contributed by atoms with Crippen LogP contribution < -0.4 is 5.32 Å². The summed E-state index contributed by atoms with van der Waals surface area (Å²) in [7, 11) is 1.88.